The fourth-order valence-electron chi connectivity index (χ4n) is 1.42. The summed E-state index contributed by atoms with van der Waals surface area (Å²) >= 11 is 0.796. The van der Waals surface area contributed by atoms with Crippen molar-refractivity contribution in [3.63, 3.8) is 0 Å². The van der Waals surface area contributed by atoms with E-state index in [9.17, 15) is 21.0 Å². The molecule has 1 atom stereocenters. The van der Waals surface area contributed by atoms with Crippen LogP contribution in [0.5, 0.6) is 0 Å². The summed E-state index contributed by atoms with van der Waals surface area (Å²) in [5, 5.41) is 9.94. The molecule has 0 saturated carbocycles. The summed E-state index contributed by atoms with van der Waals surface area (Å²) in [7, 11) is -9.29. The quantitative estimate of drug-likeness (QED) is 0.796. The van der Waals surface area contributed by atoms with Crippen LogP contribution in [0.25, 0.3) is 0 Å². The van der Waals surface area contributed by atoms with Crippen molar-refractivity contribution in [1.29, 1.82) is 0 Å². The summed E-state index contributed by atoms with van der Waals surface area (Å²) in [6, 6.07) is 7.84. The SMILES string of the molecule is NS(=O)(=O)c1ccc([S@@](=O)c2ccc(S(N)(=O)=O)s2)cc1. The molecule has 1 aromatic carbocycles. The van der Waals surface area contributed by atoms with Crippen LogP contribution in [0.1, 0.15) is 0 Å². The highest BCUT2D eigenvalue weighted by molar-refractivity contribution is 7.92. The molecule has 0 bridgehead atoms. The van der Waals surface area contributed by atoms with Gasteiger partial charge in [-0.3, -0.25) is 0 Å². The van der Waals surface area contributed by atoms with Gasteiger partial charge in [0.15, 0.2) is 0 Å². The van der Waals surface area contributed by atoms with Crippen LogP contribution >= 0.6 is 11.3 Å². The lowest BCUT2D eigenvalue weighted by molar-refractivity contribution is 0.596. The number of hydrogen-bond donors (Lipinski definition) is 2. The van der Waals surface area contributed by atoms with E-state index >= 15 is 0 Å². The topological polar surface area (TPSA) is 137 Å². The summed E-state index contributed by atoms with van der Waals surface area (Å²) in [5.41, 5.74) is 0. The zero-order valence-corrected chi connectivity index (χ0v) is 13.6. The van der Waals surface area contributed by atoms with Gasteiger partial charge in [0, 0.05) is 4.90 Å². The summed E-state index contributed by atoms with van der Waals surface area (Å²) in [4.78, 5) is 0.227. The number of rotatable bonds is 4. The van der Waals surface area contributed by atoms with Gasteiger partial charge in [0.05, 0.1) is 19.9 Å². The van der Waals surface area contributed by atoms with Crippen molar-refractivity contribution in [3.8, 4) is 0 Å². The maximum absolute atomic E-state index is 12.3. The first-order chi connectivity index (χ1) is 9.59. The van der Waals surface area contributed by atoms with E-state index in [4.69, 9.17) is 10.3 Å². The molecule has 114 valence electrons. The first kappa shape index (κ1) is 16.3. The predicted molar refractivity (Wildman–Crippen MR) is 78.2 cm³/mol. The molecule has 1 heterocycles. The van der Waals surface area contributed by atoms with Gasteiger partial charge in [0.2, 0.25) is 20.0 Å². The van der Waals surface area contributed by atoms with E-state index < -0.39 is 30.8 Å². The van der Waals surface area contributed by atoms with Crippen molar-refractivity contribution < 1.29 is 21.0 Å². The van der Waals surface area contributed by atoms with Crippen LogP contribution in [0.3, 0.4) is 0 Å². The Balaban J connectivity index is 2.35. The van der Waals surface area contributed by atoms with Crippen molar-refractivity contribution in [2.45, 2.75) is 18.2 Å². The van der Waals surface area contributed by atoms with Gasteiger partial charge >= 0.3 is 0 Å². The first-order valence-electron chi connectivity index (χ1n) is 5.26. The molecule has 0 unspecified atom stereocenters. The molecule has 11 heteroatoms. The lowest BCUT2D eigenvalue weighted by Crippen LogP contribution is -2.11. The van der Waals surface area contributed by atoms with Crippen LogP contribution in [-0.4, -0.2) is 21.0 Å². The van der Waals surface area contributed by atoms with Crippen molar-refractivity contribution in [2.75, 3.05) is 0 Å². The molecular weight excluding hydrogens is 356 g/mol. The summed E-state index contributed by atoms with van der Waals surface area (Å²) in [6.45, 7) is 0. The number of thiophene rings is 1. The first-order valence-corrected chi connectivity index (χ1v) is 10.3. The van der Waals surface area contributed by atoms with Crippen LogP contribution in [0.4, 0.5) is 0 Å². The van der Waals surface area contributed by atoms with Crippen LogP contribution in [0, 0.1) is 0 Å². The highest BCUT2D eigenvalue weighted by Gasteiger charge is 2.16. The fourth-order valence-corrected chi connectivity index (χ4v) is 5.23. The van der Waals surface area contributed by atoms with Gasteiger partial charge in [-0.15, -0.1) is 11.3 Å². The lowest BCUT2D eigenvalue weighted by Gasteiger charge is -2.01. The van der Waals surface area contributed by atoms with E-state index in [1.807, 2.05) is 0 Å². The van der Waals surface area contributed by atoms with Crippen LogP contribution in [0.2, 0.25) is 0 Å². The average molecular weight is 366 g/mol. The Kier molecular flexibility index (Phi) is 4.33. The van der Waals surface area contributed by atoms with Crippen LogP contribution < -0.4 is 10.3 Å². The third kappa shape index (κ3) is 3.75. The van der Waals surface area contributed by atoms with E-state index in [0.717, 1.165) is 11.3 Å². The molecular formula is C10H10N2O5S4. The molecule has 2 aromatic rings. The van der Waals surface area contributed by atoms with Gasteiger partial charge in [-0.25, -0.2) is 31.3 Å². The maximum Gasteiger partial charge on any atom is 0.247 e. The second kappa shape index (κ2) is 5.59. The summed E-state index contributed by atoms with van der Waals surface area (Å²) < 4.78 is 57.0. The molecule has 0 amide bonds. The molecule has 0 saturated heterocycles. The van der Waals surface area contributed by atoms with E-state index in [2.05, 4.69) is 0 Å². The molecule has 21 heavy (non-hydrogen) atoms. The van der Waals surface area contributed by atoms with E-state index in [1.165, 1.54) is 36.4 Å². The van der Waals surface area contributed by atoms with Crippen molar-refractivity contribution in [2.24, 2.45) is 10.3 Å². The Morgan fingerprint density at radius 3 is 1.86 bits per heavy atom. The van der Waals surface area contributed by atoms with Gasteiger partial charge in [0.1, 0.15) is 4.21 Å². The van der Waals surface area contributed by atoms with E-state index in [0.29, 0.717) is 9.10 Å². The van der Waals surface area contributed by atoms with Gasteiger partial charge in [0.25, 0.3) is 0 Å². The molecule has 7 nitrogen and oxygen atoms in total. The molecule has 0 fully saturated rings. The smallest absolute Gasteiger partial charge is 0.247 e. The minimum atomic E-state index is -3.84. The van der Waals surface area contributed by atoms with Crippen molar-refractivity contribution in [1.82, 2.24) is 0 Å². The number of sulfonamides is 2. The Bertz CT molecular complexity index is 897. The Hall–Kier alpha value is -1.11. The maximum atomic E-state index is 12.3. The second-order valence-corrected chi connectivity index (χ2v) is 10.0. The molecule has 0 aliphatic heterocycles. The zero-order valence-electron chi connectivity index (χ0n) is 10.3. The third-order valence-corrected chi connectivity index (χ3v) is 7.54. The van der Waals surface area contributed by atoms with Gasteiger partial charge < -0.3 is 0 Å². The Morgan fingerprint density at radius 2 is 1.43 bits per heavy atom. The predicted octanol–water partition coefficient (Wildman–Crippen LogP) is 0.210. The second-order valence-electron chi connectivity index (χ2n) is 3.90. The van der Waals surface area contributed by atoms with E-state index in [-0.39, 0.29) is 9.10 Å². The lowest BCUT2D eigenvalue weighted by atomic mass is 10.4. The molecule has 4 N–H and O–H groups in total. The minimum absolute atomic E-state index is 0.0907. The van der Waals surface area contributed by atoms with E-state index in [1.54, 1.807) is 0 Å². The molecule has 0 aliphatic rings. The number of primary sulfonamides is 2. The molecule has 0 radical (unpaired) electrons. The summed E-state index contributed by atoms with van der Waals surface area (Å²) in [6.07, 6.45) is 0. The highest BCUT2D eigenvalue weighted by atomic mass is 32.3. The van der Waals surface area contributed by atoms with Crippen LogP contribution in [0.15, 0.2) is 54.6 Å². The highest BCUT2D eigenvalue weighted by Crippen LogP contribution is 2.27. The largest absolute Gasteiger partial charge is 0.248 e. The van der Waals surface area contributed by atoms with Crippen molar-refractivity contribution >= 4 is 42.2 Å². The van der Waals surface area contributed by atoms with Crippen molar-refractivity contribution in [3.05, 3.63) is 36.4 Å². The van der Waals surface area contributed by atoms with Crippen LogP contribution in [-0.2, 0) is 30.8 Å². The van der Waals surface area contributed by atoms with Gasteiger partial charge in [-0.1, -0.05) is 0 Å². The molecule has 0 spiro atoms. The standard InChI is InChI=1S/C10H10N2O5S4/c11-20(14,15)8-3-1-7(2-4-8)19(13)9-5-6-10(18-9)21(12,16)17/h1-6H,(H2,11,14,15)(H2,12,16,17)/t19-/m1/s1. The minimum Gasteiger partial charge on any atom is -0.248 e. The molecule has 2 rings (SSSR count). The Morgan fingerprint density at radius 1 is 0.857 bits per heavy atom. The zero-order chi connectivity index (χ0) is 15.8. The monoisotopic (exact) mass is 366 g/mol. The van der Waals surface area contributed by atoms with Gasteiger partial charge in [-0.2, -0.15) is 0 Å². The number of benzene rings is 1. The third-order valence-electron chi connectivity index (χ3n) is 2.39. The molecule has 1 aromatic heterocycles. The fraction of sp³-hybridized carbons (Fsp3) is 0. The number of nitrogens with two attached hydrogens (primary N) is 2. The average Bonchev–Trinajstić information content (AvgIpc) is 2.86. The normalized spacial score (nSPS) is 14.0. The Labute approximate surface area is 128 Å². The number of hydrogen-bond acceptors (Lipinski definition) is 6. The van der Waals surface area contributed by atoms with Gasteiger partial charge in [-0.05, 0) is 36.4 Å². The molecule has 0 aliphatic carbocycles. The summed E-state index contributed by atoms with van der Waals surface area (Å²) in [5.74, 6) is 0.